The molecule has 1 aliphatic carbocycles. The molecule has 1 aromatic heterocycles. The zero-order chi connectivity index (χ0) is 10.1. The second-order valence-corrected chi connectivity index (χ2v) is 3.94. The Balaban J connectivity index is 2.29. The third-order valence-corrected chi connectivity index (χ3v) is 2.96. The first-order valence-electron chi connectivity index (χ1n) is 5.09. The van der Waals surface area contributed by atoms with Crippen LogP contribution in [0.4, 0.5) is 5.69 Å². The lowest BCUT2D eigenvalue weighted by Crippen LogP contribution is -2.11. The predicted octanol–water partition coefficient (Wildman–Crippen LogP) is 1.99. The van der Waals surface area contributed by atoms with Gasteiger partial charge in [-0.1, -0.05) is 19.3 Å². The van der Waals surface area contributed by atoms with E-state index in [1.807, 2.05) is 0 Å². The highest BCUT2D eigenvalue weighted by Gasteiger charge is 2.21. The van der Waals surface area contributed by atoms with Gasteiger partial charge >= 0.3 is 0 Å². The minimum atomic E-state index is 0.00870. The van der Waals surface area contributed by atoms with Gasteiger partial charge in [0.1, 0.15) is 0 Å². The standard InChI is InChI=1S/C10H16N2O2/c11-8-6-9(13)12(10(8)14)7-4-2-1-3-5-7/h6-7,13-14H,1-5,11H2. The van der Waals surface area contributed by atoms with Gasteiger partial charge in [-0.25, -0.2) is 0 Å². The summed E-state index contributed by atoms with van der Waals surface area (Å²) in [4.78, 5) is 0. The van der Waals surface area contributed by atoms with Crippen LogP contribution in [0.3, 0.4) is 0 Å². The fraction of sp³-hybridized carbons (Fsp3) is 0.600. The first-order valence-corrected chi connectivity index (χ1v) is 5.09. The van der Waals surface area contributed by atoms with E-state index in [-0.39, 0.29) is 23.5 Å². The topological polar surface area (TPSA) is 71.4 Å². The van der Waals surface area contributed by atoms with Crippen molar-refractivity contribution in [1.29, 1.82) is 0 Å². The zero-order valence-corrected chi connectivity index (χ0v) is 8.11. The fourth-order valence-electron chi connectivity index (χ4n) is 2.22. The van der Waals surface area contributed by atoms with Crippen molar-refractivity contribution in [2.45, 2.75) is 38.1 Å². The molecular weight excluding hydrogens is 180 g/mol. The second kappa shape index (κ2) is 3.44. The molecule has 0 radical (unpaired) electrons. The van der Waals surface area contributed by atoms with Gasteiger partial charge in [0.2, 0.25) is 5.88 Å². The van der Waals surface area contributed by atoms with Crippen LogP contribution in [0.25, 0.3) is 0 Å². The van der Waals surface area contributed by atoms with E-state index in [4.69, 9.17) is 5.73 Å². The summed E-state index contributed by atoms with van der Waals surface area (Å²) in [6.45, 7) is 0. The summed E-state index contributed by atoms with van der Waals surface area (Å²) in [6, 6.07) is 1.62. The average Bonchev–Trinajstić information content (AvgIpc) is 2.43. The van der Waals surface area contributed by atoms with E-state index in [0.29, 0.717) is 0 Å². The number of hydrogen-bond acceptors (Lipinski definition) is 3. The predicted molar refractivity (Wildman–Crippen MR) is 54.3 cm³/mol. The van der Waals surface area contributed by atoms with Crippen LogP contribution in [0.5, 0.6) is 11.8 Å². The van der Waals surface area contributed by atoms with Crippen molar-refractivity contribution in [3.05, 3.63) is 6.07 Å². The van der Waals surface area contributed by atoms with Gasteiger partial charge in [-0.2, -0.15) is 0 Å². The van der Waals surface area contributed by atoms with Crippen LogP contribution in [0.2, 0.25) is 0 Å². The Labute approximate surface area is 83.0 Å². The Morgan fingerprint density at radius 3 is 2.36 bits per heavy atom. The van der Waals surface area contributed by atoms with Crippen molar-refractivity contribution in [1.82, 2.24) is 4.57 Å². The molecular formula is C10H16N2O2. The summed E-state index contributed by atoms with van der Waals surface area (Å²) in [5, 5.41) is 19.2. The highest BCUT2D eigenvalue weighted by atomic mass is 16.3. The molecule has 0 amide bonds. The van der Waals surface area contributed by atoms with Crippen molar-refractivity contribution < 1.29 is 10.2 Å². The third-order valence-electron chi connectivity index (χ3n) is 2.96. The number of rotatable bonds is 1. The maximum absolute atomic E-state index is 9.65. The molecule has 1 heterocycles. The lowest BCUT2D eigenvalue weighted by molar-refractivity contribution is 0.283. The number of nitrogen functional groups attached to an aromatic ring is 1. The minimum absolute atomic E-state index is 0.00870. The van der Waals surface area contributed by atoms with Crippen molar-refractivity contribution in [2.24, 2.45) is 0 Å². The fourth-order valence-corrected chi connectivity index (χ4v) is 2.22. The Bertz CT molecular complexity index is 327. The normalized spacial score (nSPS) is 18.6. The molecule has 0 atom stereocenters. The smallest absolute Gasteiger partial charge is 0.218 e. The molecule has 4 nitrogen and oxygen atoms in total. The molecule has 1 aliphatic rings. The van der Waals surface area contributed by atoms with E-state index in [1.54, 1.807) is 4.57 Å². The molecule has 2 rings (SSSR count). The Kier molecular flexibility index (Phi) is 2.27. The zero-order valence-electron chi connectivity index (χ0n) is 8.11. The van der Waals surface area contributed by atoms with Gasteiger partial charge < -0.3 is 15.9 Å². The van der Waals surface area contributed by atoms with Crippen LogP contribution >= 0.6 is 0 Å². The number of nitrogens with two attached hydrogens (primary N) is 1. The molecule has 14 heavy (non-hydrogen) atoms. The number of hydrogen-bond donors (Lipinski definition) is 3. The Morgan fingerprint density at radius 1 is 1.21 bits per heavy atom. The van der Waals surface area contributed by atoms with Crippen LogP contribution < -0.4 is 5.73 Å². The largest absolute Gasteiger partial charge is 0.494 e. The van der Waals surface area contributed by atoms with Gasteiger partial charge in [0.25, 0.3) is 0 Å². The average molecular weight is 196 g/mol. The second-order valence-electron chi connectivity index (χ2n) is 3.94. The molecule has 0 saturated heterocycles. The molecule has 4 N–H and O–H groups in total. The lowest BCUT2D eigenvalue weighted by Gasteiger charge is -2.24. The Hall–Kier alpha value is -1.32. The summed E-state index contributed by atoms with van der Waals surface area (Å²) in [6.07, 6.45) is 5.57. The monoisotopic (exact) mass is 196 g/mol. The first-order chi connectivity index (χ1) is 6.70. The van der Waals surface area contributed by atoms with E-state index >= 15 is 0 Å². The van der Waals surface area contributed by atoms with Crippen LogP contribution in [-0.4, -0.2) is 14.8 Å². The Morgan fingerprint density at radius 2 is 1.86 bits per heavy atom. The molecule has 4 heteroatoms. The van der Waals surface area contributed by atoms with Gasteiger partial charge in [-0.15, -0.1) is 0 Å². The van der Waals surface area contributed by atoms with Crippen LogP contribution in [0, 0.1) is 0 Å². The van der Waals surface area contributed by atoms with Crippen molar-refractivity contribution >= 4 is 5.69 Å². The summed E-state index contributed by atoms with van der Waals surface area (Å²) in [5.41, 5.74) is 5.77. The number of aromatic hydroxyl groups is 2. The quantitative estimate of drug-likeness (QED) is 0.643. The van der Waals surface area contributed by atoms with Gasteiger partial charge in [0, 0.05) is 12.1 Å². The minimum Gasteiger partial charge on any atom is -0.494 e. The summed E-state index contributed by atoms with van der Waals surface area (Å²) in [5.74, 6) is 0.0845. The number of aromatic nitrogens is 1. The highest BCUT2D eigenvalue weighted by molar-refractivity contribution is 5.53. The van der Waals surface area contributed by atoms with Crippen LogP contribution in [0.1, 0.15) is 38.1 Å². The van der Waals surface area contributed by atoms with E-state index < -0.39 is 0 Å². The van der Waals surface area contributed by atoms with Gasteiger partial charge in [0.05, 0.1) is 5.69 Å². The summed E-state index contributed by atoms with van der Waals surface area (Å²) >= 11 is 0. The van der Waals surface area contributed by atoms with Crippen molar-refractivity contribution in [3.8, 4) is 11.8 Å². The summed E-state index contributed by atoms with van der Waals surface area (Å²) in [7, 11) is 0. The molecule has 0 bridgehead atoms. The molecule has 1 fully saturated rings. The van der Waals surface area contributed by atoms with Crippen LogP contribution in [0.15, 0.2) is 6.07 Å². The highest BCUT2D eigenvalue weighted by Crippen LogP contribution is 2.39. The molecule has 1 saturated carbocycles. The molecule has 0 spiro atoms. The molecule has 0 aromatic carbocycles. The summed E-state index contributed by atoms with van der Waals surface area (Å²) < 4.78 is 1.55. The molecule has 0 unspecified atom stereocenters. The van der Waals surface area contributed by atoms with E-state index in [9.17, 15) is 10.2 Å². The van der Waals surface area contributed by atoms with Crippen molar-refractivity contribution in [2.75, 3.05) is 5.73 Å². The van der Waals surface area contributed by atoms with E-state index in [1.165, 1.54) is 12.5 Å². The van der Waals surface area contributed by atoms with Gasteiger partial charge in [0.15, 0.2) is 5.88 Å². The van der Waals surface area contributed by atoms with Crippen molar-refractivity contribution in [3.63, 3.8) is 0 Å². The maximum Gasteiger partial charge on any atom is 0.218 e. The van der Waals surface area contributed by atoms with Crippen LogP contribution in [-0.2, 0) is 0 Å². The molecule has 1 aromatic rings. The molecule has 78 valence electrons. The third kappa shape index (κ3) is 1.41. The lowest BCUT2D eigenvalue weighted by atomic mass is 9.95. The van der Waals surface area contributed by atoms with E-state index in [0.717, 1.165) is 25.7 Å². The first kappa shape index (κ1) is 9.24. The number of anilines is 1. The van der Waals surface area contributed by atoms with E-state index in [2.05, 4.69) is 0 Å². The van der Waals surface area contributed by atoms with Gasteiger partial charge in [-0.3, -0.25) is 4.57 Å². The SMILES string of the molecule is Nc1cc(O)n(C2CCCCC2)c1O. The van der Waals surface area contributed by atoms with Gasteiger partial charge in [-0.05, 0) is 12.8 Å². The number of nitrogens with zero attached hydrogens (tertiary/aromatic N) is 1. The maximum atomic E-state index is 9.65. The molecule has 0 aliphatic heterocycles.